The van der Waals surface area contributed by atoms with E-state index in [1.165, 1.54) is 4.88 Å². The van der Waals surface area contributed by atoms with Gasteiger partial charge in [-0.3, -0.25) is 0 Å². The predicted octanol–water partition coefficient (Wildman–Crippen LogP) is 0.953. The van der Waals surface area contributed by atoms with Gasteiger partial charge in [0.05, 0.1) is 19.3 Å². The van der Waals surface area contributed by atoms with Crippen molar-refractivity contribution in [2.24, 2.45) is 0 Å². The molecule has 13 heavy (non-hydrogen) atoms. The number of rotatable bonds is 5. The first-order chi connectivity index (χ1) is 6.26. The third-order valence-electron chi connectivity index (χ3n) is 1.63. The standard InChI is InChI=1S/C8H12BrNO2S/c9-6-1-8(13-5-6)2-10-7(3-11)4-12/h1,5,7,10-12H,2-4H2. The van der Waals surface area contributed by atoms with Gasteiger partial charge in [0, 0.05) is 21.3 Å². The maximum Gasteiger partial charge on any atom is 0.0607 e. The molecule has 1 aromatic rings. The van der Waals surface area contributed by atoms with Gasteiger partial charge in [0.25, 0.3) is 0 Å². The molecule has 3 N–H and O–H groups in total. The molecule has 0 unspecified atom stereocenters. The van der Waals surface area contributed by atoms with Crippen LogP contribution < -0.4 is 5.32 Å². The Kier molecular flexibility index (Phi) is 4.90. The highest BCUT2D eigenvalue weighted by Gasteiger charge is 2.05. The quantitative estimate of drug-likeness (QED) is 0.744. The van der Waals surface area contributed by atoms with Crippen molar-refractivity contribution in [1.29, 1.82) is 0 Å². The Balaban J connectivity index is 2.33. The fourth-order valence-corrected chi connectivity index (χ4v) is 2.28. The molecule has 0 atom stereocenters. The zero-order valence-corrected chi connectivity index (χ0v) is 9.44. The molecule has 0 saturated heterocycles. The van der Waals surface area contributed by atoms with Crippen molar-refractivity contribution in [3.63, 3.8) is 0 Å². The van der Waals surface area contributed by atoms with Gasteiger partial charge >= 0.3 is 0 Å². The lowest BCUT2D eigenvalue weighted by Gasteiger charge is -2.11. The Hall–Kier alpha value is 0.0600. The van der Waals surface area contributed by atoms with Gasteiger partial charge in [-0.25, -0.2) is 0 Å². The summed E-state index contributed by atoms with van der Waals surface area (Å²) in [5.41, 5.74) is 0. The zero-order valence-electron chi connectivity index (χ0n) is 7.03. The van der Waals surface area contributed by atoms with Crippen LogP contribution in [0.15, 0.2) is 15.9 Å². The topological polar surface area (TPSA) is 52.5 Å². The summed E-state index contributed by atoms with van der Waals surface area (Å²) in [7, 11) is 0. The summed E-state index contributed by atoms with van der Waals surface area (Å²) in [6.45, 7) is 0.605. The van der Waals surface area contributed by atoms with E-state index in [1.54, 1.807) is 11.3 Å². The summed E-state index contributed by atoms with van der Waals surface area (Å²) < 4.78 is 1.07. The number of hydrogen-bond donors (Lipinski definition) is 3. The van der Waals surface area contributed by atoms with E-state index in [0.29, 0.717) is 6.54 Å². The number of aliphatic hydroxyl groups is 2. The number of nitrogens with one attached hydrogen (secondary N) is 1. The molecule has 1 rings (SSSR count). The second-order valence-corrected chi connectivity index (χ2v) is 4.59. The molecule has 0 aliphatic rings. The maximum absolute atomic E-state index is 8.78. The second kappa shape index (κ2) is 5.72. The summed E-state index contributed by atoms with van der Waals surface area (Å²) in [6, 6.07) is 1.80. The zero-order chi connectivity index (χ0) is 9.68. The lowest BCUT2D eigenvalue weighted by Crippen LogP contribution is -2.34. The van der Waals surface area contributed by atoms with E-state index in [-0.39, 0.29) is 19.3 Å². The molecule has 0 aromatic carbocycles. The average Bonchev–Trinajstić information content (AvgIpc) is 2.53. The summed E-state index contributed by atoms with van der Waals surface area (Å²) in [4.78, 5) is 1.18. The van der Waals surface area contributed by atoms with Gasteiger partial charge in [-0.2, -0.15) is 0 Å². The summed E-state index contributed by atoms with van der Waals surface area (Å²) in [5.74, 6) is 0. The first-order valence-corrected chi connectivity index (χ1v) is 5.61. The molecule has 5 heteroatoms. The molecule has 0 radical (unpaired) electrons. The van der Waals surface area contributed by atoms with Crippen LogP contribution in [0.1, 0.15) is 4.88 Å². The largest absolute Gasteiger partial charge is 0.395 e. The van der Waals surface area contributed by atoms with Crippen molar-refractivity contribution >= 4 is 27.3 Å². The molecule has 0 aliphatic carbocycles. The van der Waals surface area contributed by atoms with E-state index in [9.17, 15) is 0 Å². The molecular formula is C8H12BrNO2S. The molecule has 0 saturated carbocycles. The molecular weight excluding hydrogens is 254 g/mol. The molecule has 1 heterocycles. The number of aliphatic hydroxyl groups excluding tert-OH is 2. The monoisotopic (exact) mass is 265 g/mol. The lowest BCUT2D eigenvalue weighted by atomic mass is 10.3. The van der Waals surface area contributed by atoms with Crippen LogP contribution in [0.2, 0.25) is 0 Å². The molecule has 0 bridgehead atoms. The first kappa shape index (κ1) is 11.1. The Morgan fingerprint density at radius 1 is 1.46 bits per heavy atom. The Morgan fingerprint density at radius 2 is 2.15 bits per heavy atom. The van der Waals surface area contributed by atoms with E-state index in [4.69, 9.17) is 10.2 Å². The van der Waals surface area contributed by atoms with Crippen LogP contribution in [0, 0.1) is 0 Å². The van der Waals surface area contributed by atoms with Gasteiger partial charge in [-0.05, 0) is 22.0 Å². The smallest absolute Gasteiger partial charge is 0.0607 e. The van der Waals surface area contributed by atoms with Crippen molar-refractivity contribution in [3.05, 3.63) is 20.8 Å². The average molecular weight is 266 g/mol. The highest BCUT2D eigenvalue weighted by molar-refractivity contribution is 9.10. The Labute approximate surface area is 89.5 Å². The normalized spacial score (nSPS) is 11.1. The van der Waals surface area contributed by atoms with Crippen LogP contribution in [0.4, 0.5) is 0 Å². The van der Waals surface area contributed by atoms with Crippen LogP contribution in [0.5, 0.6) is 0 Å². The van der Waals surface area contributed by atoms with Gasteiger partial charge in [-0.15, -0.1) is 11.3 Å². The highest BCUT2D eigenvalue weighted by Crippen LogP contribution is 2.19. The molecule has 1 aromatic heterocycles. The van der Waals surface area contributed by atoms with Gasteiger partial charge in [0.15, 0.2) is 0 Å². The van der Waals surface area contributed by atoms with Crippen LogP contribution in [0.3, 0.4) is 0 Å². The maximum atomic E-state index is 8.78. The summed E-state index contributed by atoms with van der Waals surface area (Å²) in [6.07, 6.45) is 0. The molecule has 0 spiro atoms. The predicted molar refractivity (Wildman–Crippen MR) is 56.8 cm³/mol. The lowest BCUT2D eigenvalue weighted by molar-refractivity contribution is 0.170. The van der Waals surface area contributed by atoms with Crippen molar-refractivity contribution in [2.45, 2.75) is 12.6 Å². The van der Waals surface area contributed by atoms with Crippen molar-refractivity contribution in [2.75, 3.05) is 13.2 Å². The van der Waals surface area contributed by atoms with E-state index < -0.39 is 0 Å². The fraction of sp³-hybridized carbons (Fsp3) is 0.500. The minimum atomic E-state index is -0.221. The third kappa shape index (κ3) is 3.74. The van der Waals surface area contributed by atoms with Crippen molar-refractivity contribution in [1.82, 2.24) is 5.32 Å². The van der Waals surface area contributed by atoms with Crippen LogP contribution in [-0.2, 0) is 6.54 Å². The Morgan fingerprint density at radius 3 is 2.62 bits per heavy atom. The highest BCUT2D eigenvalue weighted by atomic mass is 79.9. The molecule has 3 nitrogen and oxygen atoms in total. The van der Waals surface area contributed by atoms with E-state index in [0.717, 1.165) is 4.47 Å². The van der Waals surface area contributed by atoms with Gasteiger partial charge in [0.1, 0.15) is 0 Å². The second-order valence-electron chi connectivity index (χ2n) is 2.67. The summed E-state index contributed by atoms with van der Waals surface area (Å²) in [5, 5.41) is 22.6. The molecule has 74 valence electrons. The van der Waals surface area contributed by atoms with Gasteiger partial charge in [-0.1, -0.05) is 0 Å². The van der Waals surface area contributed by atoms with E-state index in [2.05, 4.69) is 21.2 Å². The first-order valence-electron chi connectivity index (χ1n) is 3.94. The molecule has 0 aliphatic heterocycles. The number of hydrogen-bond acceptors (Lipinski definition) is 4. The van der Waals surface area contributed by atoms with Crippen LogP contribution in [-0.4, -0.2) is 29.5 Å². The molecule has 0 fully saturated rings. The number of thiophene rings is 1. The number of halogens is 1. The van der Waals surface area contributed by atoms with Gasteiger partial charge < -0.3 is 15.5 Å². The van der Waals surface area contributed by atoms with E-state index in [1.807, 2.05) is 11.4 Å². The Bertz CT molecular complexity index is 250. The van der Waals surface area contributed by atoms with Crippen molar-refractivity contribution < 1.29 is 10.2 Å². The fourth-order valence-electron chi connectivity index (χ4n) is 0.878. The molecule has 0 amide bonds. The van der Waals surface area contributed by atoms with E-state index >= 15 is 0 Å². The SMILES string of the molecule is OCC(CO)NCc1cc(Br)cs1. The van der Waals surface area contributed by atoms with Crippen LogP contribution in [0.25, 0.3) is 0 Å². The minimum Gasteiger partial charge on any atom is -0.395 e. The van der Waals surface area contributed by atoms with Gasteiger partial charge in [0.2, 0.25) is 0 Å². The third-order valence-corrected chi connectivity index (χ3v) is 3.33. The van der Waals surface area contributed by atoms with Crippen LogP contribution >= 0.6 is 27.3 Å². The summed E-state index contributed by atoms with van der Waals surface area (Å²) >= 11 is 5.00. The van der Waals surface area contributed by atoms with Crippen molar-refractivity contribution in [3.8, 4) is 0 Å². The minimum absolute atomic E-state index is 0.0386.